The van der Waals surface area contributed by atoms with Gasteiger partial charge in [-0.05, 0) is 18.6 Å². The van der Waals surface area contributed by atoms with Gasteiger partial charge in [0.2, 0.25) is 0 Å². The van der Waals surface area contributed by atoms with Gasteiger partial charge in [-0.2, -0.15) is 0 Å². The number of H-pyrrole nitrogens is 1. The van der Waals surface area contributed by atoms with Crippen LogP contribution in [0.5, 0.6) is 0 Å². The molecule has 1 unspecified atom stereocenters. The summed E-state index contributed by atoms with van der Waals surface area (Å²) < 4.78 is 0. The molecule has 1 atom stereocenters. The molecule has 0 aliphatic carbocycles. The fourth-order valence-electron chi connectivity index (χ4n) is 3.66. The summed E-state index contributed by atoms with van der Waals surface area (Å²) in [6, 6.07) is 20.8. The van der Waals surface area contributed by atoms with Crippen molar-refractivity contribution in [1.29, 1.82) is 0 Å². The van der Waals surface area contributed by atoms with Crippen LogP contribution in [0.25, 0.3) is 33.3 Å². The van der Waals surface area contributed by atoms with Gasteiger partial charge in [-0.1, -0.05) is 55.5 Å². The summed E-state index contributed by atoms with van der Waals surface area (Å²) in [5, 5.41) is 4.70. The first-order chi connectivity index (χ1) is 14.3. The SMILES string of the molecule is CCC(Nc1ncnc2[nH]cnc12)c1cc2ccccc2nc1-c1ccccc1. The maximum absolute atomic E-state index is 5.01. The van der Waals surface area contributed by atoms with E-state index in [1.165, 1.54) is 0 Å². The van der Waals surface area contributed by atoms with Gasteiger partial charge < -0.3 is 10.3 Å². The number of aromatic amines is 1. The zero-order valence-corrected chi connectivity index (χ0v) is 16.0. The number of imidazole rings is 1. The lowest BCUT2D eigenvalue weighted by Crippen LogP contribution is -2.13. The molecule has 0 aliphatic rings. The van der Waals surface area contributed by atoms with Crippen molar-refractivity contribution in [3.8, 4) is 11.3 Å². The number of rotatable bonds is 5. The van der Waals surface area contributed by atoms with Crippen molar-refractivity contribution in [2.45, 2.75) is 19.4 Å². The second-order valence-corrected chi connectivity index (χ2v) is 6.91. The molecule has 3 aromatic heterocycles. The molecule has 2 aromatic carbocycles. The second kappa shape index (κ2) is 7.31. The summed E-state index contributed by atoms with van der Waals surface area (Å²) in [5.41, 5.74) is 5.66. The lowest BCUT2D eigenvalue weighted by Gasteiger charge is -2.21. The molecule has 0 bridgehead atoms. The number of nitrogens with one attached hydrogen (secondary N) is 2. The fraction of sp³-hybridized carbons (Fsp3) is 0.130. The number of para-hydroxylation sites is 1. The van der Waals surface area contributed by atoms with E-state index in [4.69, 9.17) is 4.98 Å². The predicted octanol–water partition coefficient (Wildman–Crippen LogP) is 5.13. The molecule has 0 amide bonds. The molecule has 0 spiro atoms. The Morgan fingerprint density at radius 3 is 2.66 bits per heavy atom. The highest BCUT2D eigenvalue weighted by atomic mass is 15.1. The summed E-state index contributed by atoms with van der Waals surface area (Å²) in [6.45, 7) is 2.16. The first kappa shape index (κ1) is 17.3. The van der Waals surface area contributed by atoms with Gasteiger partial charge in [0, 0.05) is 16.5 Å². The van der Waals surface area contributed by atoms with Gasteiger partial charge in [0.15, 0.2) is 11.5 Å². The van der Waals surface area contributed by atoms with E-state index in [0.29, 0.717) is 0 Å². The molecule has 0 radical (unpaired) electrons. The van der Waals surface area contributed by atoms with Crippen LogP contribution in [0.3, 0.4) is 0 Å². The van der Waals surface area contributed by atoms with Gasteiger partial charge in [0.25, 0.3) is 0 Å². The first-order valence-electron chi connectivity index (χ1n) is 9.69. The van der Waals surface area contributed by atoms with Crippen LogP contribution in [0, 0.1) is 0 Å². The van der Waals surface area contributed by atoms with Crippen molar-refractivity contribution >= 4 is 27.9 Å². The Kier molecular flexibility index (Phi) is 4.37. The maximum atomic E-state index is 5.01. The molecule has 6 heteroatoms. The van der Waals surface area contributed by atoms with Crippen molar-refractivity contribution in [3.05, 3.63) is 78.9 Å². The summed E-state index contributed by atoms with van der Waals surface area (Å²) in [6.07, 6.45) is 4.06. The molecular weight excluding hydrogens is 360 g/mol. The van der Waals surface area contributed by atoms with E-state index < -0.39 is 0 Å². The van der Waals surface area contributed by atoms with E-state index in [1.54, 1.807) is 12.7 Å². The molecule has 6 nitrogen and oxygen atoms in total. The topological polar surface area (TPSA) is 79.4 Å². The van der Waals surface area contributed by atoms with E-state index in [2.05, 4.69) is 62.5 Å². The minimum Gasteiger partial charge on any atom is -0.361 e. The second-order valence-electron chi connectivity index (χ2n) is 6.91. The van der Waals surface area contributed by atoms with Crippen molar-refractivity contribution in [2.75, 3.05) is 5.32 Å². The largest absolute Gasteiger partial charge is 0.361 e. The zero-order chi connectivity index (χ0) is 19.6. The van der Waals surface area contributed by atoms with Gasteiger partial charge >= 0.3 is 0 Å². The fourth-order valence-corrected chi connectivity index (χ4v) is 3.66. The molecule has 142 valence electrons. The molecule has 2 N–H and O–H groups in total. The summed E-state index contributed by atoms with van der Waals surface area (Å²) in [7, 11) is 0. The minimum atomic E-state index is 0.0251. The Morgan fingerprint density at radius 2 is 1.79 bits per heavy atom. The molecule has 3 heterocycles. The van der Waals surface area contributed by atoms with Crippen molar-refractivity contribution in [2.24, 2.45) is 0 Å². The standard InChI is InChI=1S/C23H20N6/c1-2-18(29-23-21-22(25-13-24-21)26-14-27-23)17-12-16-10-6-7-11-19(16)28-20(17)15-8-4-3-5-9-15/h3-14,18H,2H2,1H3,(H2,24,25,26,27,29). The number of aromatic nitrogens is 5. The molecule has 0 saturated heterocycles. The van der Waals surface area contributed by atoms with Crippen molar-refractivity contribution < 1.29 is 0 Å². The Morgan fingerprint density at radius 1 is 0.966 bits per heavy atom. The van der Waals surface area contributed by atoms with Gasteiger partial charge in [-0.15, -0.1) is 0 Å². The van der Waals surface area contributed by atoms with E-state index in [9.17, 15) is 0 Å². The highest BCUT2D eigenvalue weighted by molar-refractivity contribution is 5.85. The van der Waals surface area contributed by atoms with Crippen molar-refractivity contribution in [1.82, 2.24) is 24.9 Å². The Labute approximate surface area is 168 Å². The highest BCUT2D eigenvalue weighted by Crippen LogP contribution is 2.33. The monoisotopic (exact) mass is 380 g/mol. The van der Waals surface area contributed by atoms with E-state index in [-0.39, 0.29) is 6.04 Å². The molecule has 5 aromatic rings. The van der Waals surface area contributed by atoms with Crippen LogP contribution in [0.4, 0.5) is 5.82 Å². The molecule has 0 fully saturated rings. The number of hydrogen-bond acceptors (Lipinski definition) is 5. The average molecular weight is 380 g/mol. The third-order valence-corrected chi connectivity index (χ3v) is 5.11. The predicted molar refractivity (Wildman–Crippen MR) is 116 cm³/mol. The normalized spacial score (nSPS) is 12.3. The van der Waals surface area contributed by atoms with Gasteiger partial charge in [-0.25, -0.2) is 19.9 Å². The molecular formula is C23H20N6. The van der Waals surface area contributed by atoms with Crippen LogP contribution >= 0.6 is 0 Å². The molecule has 5 rings (SSSR count). The number of pyridine rings is 1. The lowest BCUT2D eigenvalue weighted by molar-refractivity contribution is 0.745. The van der Waals surface area contributed by atoms with E-state index in [0.717, 1.165) is 51.1 Å². The Bertz CT molecular complexity index is 1280. The van der Waals surface area contributed by atoms with Crippen LogP contribution in [0.15, 0.2) is 73.3 Å². The molecule has 0 aliphatic heterocycles. The maximum Gasteiger partial charge on any atom is 0.162 e. The number of anilines is 1. The van der Waals surface area contributed by atoms with Crippen LogP contribution in [0.2, 0.25) is 0 Å². The van der Waals surface area contributed by atoms with Gasteiger partial charge in [0.05, 0.1) is 23.6 Å². The third kappa shape index (κ3) is 3.18. The highest BCUT2D eigenvalue weighted by Gasteiger charge is 2.19. The number of benzene rings is 2. The first-order valence-corrected chi connectivity index (χ1v) is 9.69. The minimum absolute atomic E-state index is 0.0251. The van der Waals surface area contributed by atoms with Crippen LogP contribution in [0.1, 0.15) is 24.9 Å². The molecule has 29 heavy (non-hydrogen) atoms. The van der Waals surface area contributed by atoms with Crippen LogP contribution in [-0.2, 0) is 0 Å². The lowest BCUT2D eigenvalue weighted by atomic mass is 9.96. The Hall–Kier alpha value is -3.80. The summed E-state index contributed by atoms with van der Waals surface area (Å²) in [4.78, 5) is 21.1. The van der Waals surface area contributed by atoms with Gasteiger partial charge in [0.1, 0.15) is 11.8 Å². The van der Waals surface area contributed by atoms with Crippen molar-refractivity contribution in [3.63, 3.8) is 0 Å². The number of hydrogen-bond donors (Lipinski definition) is 2. The zero-order valence-electron chi connectivity index (χ0n) is 16.0. The quantitative estimate of drug-likeness (QED) is 0.442. The van der Waals surface area contributed by atoms with Crippen LogP contribution < -0.4 is 5.32 Å². The smallest absolute Gasteiger partial charge is 0.162 e. The third-order valence-electron chi connectivity index (χ3n) is 5.11. The van der Waals surface area contributed by atoms with Crippen LogP contribution in [-0.4, -0.2) is 24.9 Å². The summed E-state index contributed by atoms with van der Waals surface area (Å²) in [5.74, 6) is 0.718. The van der Waals surface area contributed by atoms with E-state index in [1.807, 2.05) is 30.3 Å². The Balaban J connectivity index is 1.66. The number of nitrogens with zero attached hydrogens (tertiary/aromatic N) is 4. The average Bonchev–Trinajstić information content (AvgIpc) is 3.27. The van der Waals surface area contributed by atoms with Gasteiger partial charge in [-0.3, -0.25) is 0 Å². The molecule has 0 saturated carbocycles. The number of fused-ring (bicyclic) bond motifs is 2. The summed E-state index contributed by atoms with van der Waals surface area (Å²) >= 11 is 0. The van der Waals surface area contributed by atoms with E-state index >= 15 is 0 Å².